The van der Waals surface area contributed by atoms with Crippen molar-refractivity contribution in [3.05, 3.63) is 0 Å². The van der Waals surface area contributed by atoms with Gasteiger partial charge in [-0.25, -0.2) is 0 Å². The van der Waals surface area contributed by atoms with Gasteiger partial charge in [0.05, 0.1) is 0 Å². The van der Waals surface area contributed by atoms with Crippen LogP contribution in [0.15, 0.2) is 0 Å². The van der Waals surface area contributed by atoms with E-state index in [0.29, 0.717) is 0 Å². The predicted molar refractivity (Wildman–Crippen MR) is 42.1 cm³/mol. The van der Waals surface area contributed by atoms with Crippen molar-refractivity contribution >= 4 is 6.83 Å². The molecule has 0 aliphatic rings. The van der Waals surface area contributed by atoms with Gasteiger partial charge in [0.1, 0.15) is 0 Å². The van der Waals surface area contributed by atoms with Crippen LogP contribution in [0.3, 0.4) is 0 Å². The zero-order valence-corrected chi connectivity index (χ0v) is 7.20. The van der Waals surface area contributed by atoms with Gasteiger partial charge in [0.25, 0.3) is 0 Å². The summed E-state index contributed by atoms with van der Waals surface area (Å²) in [7, 11) is 0. The summed E-state index contributed by atoms with van der Waals surface area (Å²) in [4.78, 5) is 9.61. The maximum absolute atomic E-state index is 9.61. The summed E-state index contributed by atoms with van der Waals surface area (Å²) in [5, 5.41) is 0. The van der Waals surface area contributed by atoms with E-state index in [4.69, 9.17) is 0 Å². The Morgan fingerprint density at radius 1 is 1.25 bits per heavy atom. The molecule has 0 saturated carbocycles. The fourth-order valence-corrected chi connectivity index (χ4v) is 2.31. The fourth-order valence-electron chi connectivity index (χ4n) is 0.771. The van der Waals surface area contributed by atoms with Crippen molar-refractivity contribution in [2.75, 3.05) is 26.2 Å². The van der Waals surface area contributed by atoms with Crippen LogP contribution in [0.1, 0.15) is 13.3 Å². The molecule has 0 heterocycles. The number of rotatable bonds is 2. The Kier molecular flexibility index (Phi) is 2.06. The summed E-state index contributed by atoms with van der Waals surface area (Å²) < 4.78 is 0. The molecule has 1 nitrogen and oxygen atoms in total. The van der Waals surface area contributed by atoms with Gasteiger partial charge in [0, 0.05) is 0 Å². The third kappa shape index (κ3) is 6.39. The molecule has 0 atom stereocenters. The summed E-state index contributed by atoms with van der Waals surface area (Å²) in [5.41, 5.74) is 0. The SMILES string of the molecule is CCCP(C)(C)(C)O. The van der Waals surface area contributed by atoms with Crippen LogP contribution in [0.5, 0.6) is 0 Å². The van der Waals surface area contributed by atoms with Crippen LogP contribution in [0.2, 0.25) is 0 Å². The minimum absolute atomic E-state index is 0.992. The first-order valence-electron chi connectivity index (χ1n) is 3.06. The van der Waals surface area contributed by atoms with Crippen molar-refractivity contribution in [2.45, 2.75) is 13.3 Å². The van der Waals surface area contributed by atoms with Crippen LogP contribution in [-0.2, 0) is 0 Å². The fraction of sp³-hybridized carbons (Fsp3) is 1.00. The first-order chi connectivity index (χ1) is 3.31. The van der Waals surface area contributed by atoms with E-state index in [1.165, 1.54) is 0 Å². The molecule has 0 spiro atoms. The second-order valence-corrected chi connectivity index (χ2v) is 10.3. The van der Waals surface area contributed by atoms with E-state index in [9.17, 15) is 4.89 Å². The van der Waals surface area contributed by atoms with Gasteiger partial charge in [-0.15, -0.1) is 0 Å². The molecule has 52 valence electrons. The third-order valence-electron chi connectivity index (χ3n) is 0.994. The molecule has 0 fully saturated rings. The third-order valence-corrected chi connectivity index (χ3v) is 2.98. The summed E-state index contributed by atoms with van der Waals surface area (Å²) in [6, 6.07) is 0. The van der Waals surface area contributed by atoms with E-state index in [0.717, 1.165) is 12.6 Å². The molecule has 1 N–H and O–H groups in total. The Hall–Kier alpha value is 0.390. The topological polar surface area (TPSA) is 20.2 Å². The van der Waals surface area contributed by atoms with E-state index in [1.54, 1.807) is 0 Å². The molecule has 0 aromatic carbocycles. The molecule has 0 radical (unpaired) electrons. The molecule has 0 amide bonds. The summed E-state index contributed by atoms with van der Waals surface area (Å²) in [5.74, 6) is 0. The normalized spacial score (nSPS) is 17.4. The van der Waals surface area contributed by atoms with Crippen molar-refractivity contribution in [1.29, 1.82) is 0 Å². The van der Waals surface area contributed by atoms with Gasteiger partial charge < -0.3 is 0 Å². The molecule has 0 aromatic heterocycles. The van der Waals surface area contributed by atoms with Crippen LogP contribution in [0.25, 0.3) is 0 Å². The molecule has 2 heteroatoms. The zero-order chi connectivity index (χ0) is 6.86. The average Bonchev–Trinajstić information content (AvgIpc) is 1.25. The molecule has 0 unspecified atom stereocenters. The van der Waals surface area contributed by atoms with E-state index in [-0.39, 0.29) is 0 Å². The first kappa shape index (κ1) is 8.39. The molecular formula is C6H17OP. The molecule has 0 bridgehead atoms. The number of hydrogen-bond donors (Lipinski definition) is 1. The zero-order valence-electron chi connectivity index (χ0n) is 6.31. The van der Waals surface area contributed by atoms with Crippen molar-refractivity contribution in [1.82, 2.24) is 0 Å². The molecule has 0 saturated heterocycles. The van der Waals surface area contributed by atoms with E-state index < -0.39 is 6.83 Å². The molecule has 0 aliphatic heterocycles. The Bertz CT molecular complexity index is 71.0. The van der Waals surface area contributed by atoms with Gasteiger partial charge in [-0.3, -0.25) is 0 Å². The maximum atomic E-state index is 9.61. The Balaban J connectivity index is 3.73. The summed E-state index contributed by atoms with van der Waals surface area (Å²) in [6.45, 7) is 5.94. The van der Waals surface area contributed by atoms with E-state index >= 15 is 0 Å². The average molecular weight is 136 g/mol. The van der Waals surface area contributed by atoms with Crippen LogP contribution in [-0.4, -0.2) is 31.0 Å². The predicted octanol–water partition coefficient (Wildman–Crippen LogP) is 1.75. The molecule has 0 aromatic rings. The second-order valence-electron chi connectivity index (χ2n) is 3.76. The Morgan fingerprint density at radius 2 is 1.62 bits per heavy atom. The van der Waals surface area contributed by atoms with E-state index in [2.05, 4.69) is 6.92 Å². The molecular weight excluding hydrogens is 119 g/mol. The van der Waals surface area contributed by atoms with Crippen molar-refractivity contribution < 1.29 is 4.89 Å². The van der Waals surface area contributed by atoms with Crippen LogP contribution >= 0.6 is 6.83 Å². The van der Waals surface area contributed by atoms with Gasteiger partial charge in [0.2, 0.25) is 0 Å². The Labute approximate surface area is 52.1 Å². The standard InChI is InChI=1S/C6H17OP/c1-5-6-8(2,3,4)7/h7H,5-6H2,1-4H3. The number of hydrogen-bond acceptors (Lipinski definition) is 1. The molecule has 8 heavy (non-hydrogen) atoms. The van der Waals surface area contributed by atoms with Gasteiger partial charge in [-0.1, -0.05) is 0 Å². The van der Waals surface area contributed by atoms with Crippen molar-refractivity contribution in [3.63, 3.8) is 0 Å². The minimum atomic E-state index is -2.10. The summed E-state index contributed by atoms with van der Waals surface area (Å²) in [6.07, 6.45) is 2.09. The monoisotopic (exact) mass is 136 g/mol. The van der Waals surface area contributed by atoms with Crippen molar-refractivity contribution in [3.8, 4) is 0 Å². The van der Waals surface area contributed by atoms with Gasteiger partial charge in [-0.2, -0.15) is 0 Å². The van der Waals surface area contributed by atoms with Crippen LogP contribution in [0.4, 0.5) is 0 Å². The van der Waals surface area contributed by atoms with Gasteiger partial charge in [-0.05, 0) is 0 Å². The van der Waals surface area contributed by atoms with Gasteiger partial charge >= 0.3 is 51.2 Å². The van der Waals surface area contributed by atoms with E-state index in [1.807, 2.05) is 20.0 Å². The second kappa shape index (κ2) is 1.97. The summed E-state index contributed by atoms with van der Waals surface area (Å²) >= 11 is 0. The Morgan fingerprint density at radius 3 is 1.62 bits per heavy atom. The molecule has 0 rings (SSSR count). The van der Waals surface area contributed by atoms with Gasteiger partial charge in [0.15, 0.2) is 0 Å². The molecule has 0 aliphatic carbocycles. The van der Waals surface area contributed by atoms with Crippen LogP contribution < -0.4 is 0 Å². The van der Waals surface area contributed by atoms with Crippen LogP contribution in [0, 0.1) is 0 Å². The quantitative estimate of drug-likeness (QED) is 0.573. The first-order valence-corrected chi connectivity index (χ1v) is 6.78. The van der Waals surface area contributed by atoms with Crippen molar-refractivity contribution in [2.24, 2.45) is 0 Å².